The molecule has 1 fully saturated rings. The summed E-state index contributed by atoms with van der Waals surface area (Å²) in [7, 11) is -1.96. The van der Waals surface area contributed by atoms with Gasteiger partial charge in [-0.15, -0.1) is 0 Å². The predicted molar refractivity (Wildman–Crippen MR) is 66.8 cm³/mol. The molecule has 0 bridgehead atoms. The lowest BCUT2D eigenvalue weighted by atomic mass is 9.90. The molecule has 0 aromatic rings. The topological polar surface area (TPSA) is 83.9 Å². The number of hydrogen-bond donors (Lipinski definition) is 1. The van der Waals surface area contributed by atoms with Gasteiger partial charge in [0.25, 0.3) is 0 Å². The minimum absolute atomic E-state index is 0.0464. The standard InChI is InChI=1S/C11H21NO5S/c1-4-9(17-3)7-18(15,16)12-6-5-11(2,8-12)10(13)14/h9H,4-8H2,1-3H3,(H,13,14). The Kier molecular flexibility index (Phi) is 4.74. The fourth-order valence-electron chi connectivity index (χ4n) is 2.02. The Hall–Kier alpha value is -0.660. The van der Waals surface area contributed by atoms with E-state index in [-0.39, 0.29) is 24.9 Å². The van der Waals surface area contributed by atoms with Crippen LogP contribution in [0.25, 0.3) is 0 Å². The van der Waals surface area contributed by atoms with Crippen molar-refractivity contribution in [1.29, 1.82) is 0 Å². The molecule has 0 aromatic carbocycles. The number of carboxylic acids is 1. The highest BCUT2D eigenvalue weighted by molar-refractivity contribution is 7.89. The molecule has 1 N–H and O–H groups in total. The number of ether oxygens (including phenoxy) is 1. The normalized spacial score (nSPS) is 27.3. The number of hydrogen-bond acceptors (Lipinski definition) is 4. The molecule has 106 valence electrons. The van der Waals surface area contributed by atoms with Gasteiger partial charge in [-0.1, -0.05) is 6.92 Å². The third-order valence-electron chi connectivity index (χ3n) is 3.53. The number of aliphatic carboxylic acids is 1. The van der Waals surface area contributed by atoms with Crippen LogP contribution in [-0.4, -0.2) is 55.9 Å². The van der Waals surface area contributed by atoms with E-state index in [1.807, 2.05) is 6.92 Å². The summed E-state index contributed by atoms with van der Waals surface area (Å²) in [5.41, 5.74) is -0.970. The second-order valence-corrected chi connectivity index (χ2v) is 7.01. The van der Waals surface area contributed by atoms with Gasteiger partial charge in [0.2, 0.25) is 10.0 Å². The third-order valence-corrected chi connectivity index (χ3v) is 5.42. The summed E-state index contributed by atoms with van der Waals surface area (Å²) in [6, 6.07) is 0. The van der Waals surface area contributed by atoms with Crippen LogP contribution >= 0.6 is 0 Å². The number of rotatable bonds is 6. The Labute approximate surface area is 108 Å². The van der Waals surface area contributed by atoms with Crippen molar-refractivity contribution in [3.63, 3.8) is 0 Å². The summed E-state index contributed by atoms with van der Waals surface area (Å²) < 4.78 is 30.6. The molecule has 18 heavy (non-hydrogen) atoms. The highest BCUT2D eigenvalue weighted by Crippen LogP contribution is 2.32. The van der Waals surface area contributed by atoms with Crippen molar-refractivity contribution in [2.24, 2.45) is 5.41 Å². The van der Waals surface area contributed by atoms with E-state index >= 15 is 0 Å². The molecule has 2 atom stereocenters. The Bertz CT molecular complexity index is 404. The van der Waals surface area contributed by atoms with E-state index in [0.29, 0.717) is 12.8 Å². The van der Waals surface area contributed by atoms with Crippen molar-refractivity contribution in [2.75, 3.05) is 26.0 Å². The van der Waals surface area contributed by atoms with Crippen LogP contribution in [0.4, 0.5) is 0 Å². The van der Waals surface area contributed by atoms with E-state index in [1.54, 1.807) is 6.92 Å². The largest absolute Gasteiger partial charge is 0.481 e. The van der Waals surface area contributed by atoms with Crippen molar-refractivity contribution < 1.29 is 23.1 Å². The fourth-order valence-corrected chi connectivity index (χ4v) is 3.93. The highest BCUT2D eigenvalue weighted by Gasteiger charge is 2.44. The van der Waals surface area contributed by atoms with Crippen LogP contribution in [0, 0.1) is 5.41 Å². The van der Waals surface area contributed by atoms with Gasteiger partial charge in [-0.25, -0.2) is 12.7 Å². The molecule has 1 aliphatic rings. The monoisotopic (exact) mass is 279 g/mol. The molecule has 2 unspecified atom stereocenters. The van der Waals surface area contributed by atoms with Crippen molar-refractivity contribution in [3.8, 4) is 0 Å². The first-order valence-corrected chi connectivity index (χ1v) is 7.60. The summed E-state index contributed by atoms with van der Waals surface area (Å²) in [4.78, 5) is 11.1. The van der Waals surface area contributed by atoms with Gasteiger partial charge >= 0.3 is 5.97 Å². The Morgan fingerprint density at radius 2 is 2.17 bits per heavy atom. The summed E-state index contributed by atoms with van der Waals surface area (Å²) in [5.74, 6) is -1.03. The van der Waals surface area contributed by atoms with E-state index < -0.39 is 21.4 Å². The first kappa shape index (κ1) is 15.4. The Morgan fingerprint density at radius 1 is 1.56 bits per heavy atom. The molecular formula is C11H21NO5S. The van der Waals surface area contributed by atoms with Gasteiger partial charge in [0.15, 0.2) is 0 Å². The van der Waals surface area contributed by atoms with E-state index in [1.165, 1.54) is 11.4 Å². The van der Waals surface area contributed by atoms with Crippen LogP contribution in [0.15, 0.2) is 0 Å². The van der Waals surface area contributed by atoms with Crippen LogP contribution in [0.1, 0.15) is 26.7 Å². The molecule has 0 radical (unpaired) electrons. The van der Waals surface area contributed by atoms with Crippen LogP contribution in [0.3, 0.4) is 0 Å². The molecule has 7 heteroatoms. The molecule has 1 aliphatic heterocycles. The molecule has 6 nitrogen and oxygen atoms in total. The summed E-state index contributed by atoms with van der Waals surface area (Å²) in [6.45, 7) is 3.75. The molecule has 1 heterocycles. The van der Waals surface area contributed by atoms with Crippen LogP contribution in [0.2, 0.25) is 0 Å². The van der Waals surface area contributed by atoms with Gasteiger partial charge in [-0.3, -0.25) is 4.79 Å². The first-order chi connectivity index (χ1) is 8.25. The van der Waals surface area contributed by atoms with Crippen molar-refractivity contribution in [2.45, 2.75) is 32.8 Å². The number of carboxylic acid groups (broad SMARTS) is 1. The molecule has 0 amide bonds. The number of carbonyl (C=O) groups is 1. The maximum Gasteiger partial charge on any atom is 0.310 e. The van der Waals surface area contributed by atoms with Crippen LogP contribution in [-0.2, 0) is 19.6 Å². The van der Waals surface area contributed by atoms with Crippen molar-refractivity contribution in [1.82, 2.24) is 4.31 Å². The maximum absolute atomic E-state index is 12.1. The Morgan fingerprint density at radius 3 is 2.56 bits per heavy atom. The molecule has 0 spiro atoms. The fraction of sp³-hybridized carbons (Fsp3) is 0.909. The second-order valence-electron chi connectivity index (χ2n) is 4.99. The molecule has 0 aliphatic carbocycles. The number of methoxy groups -OCH3 is 1. The summed E-state index contributed by atoms with van der Waals surface area (Å²) >= 11 is 0. The second kappa shape index (κ2) is 5.54. The third kappa shape index (κ3) is 3.21. The predicted octanol–water partition coefficient (Wildman–Crippen LogP) is 0.538. The van der Waals surface area contributed by atoms with Gasteiger partial charge in [0.05, 0.1) is 17.3 Å². The summed E-state index contributed by atoms with van der Waals surface area (Å²) in [6.07, 6.45) is 0.622. The summed E-state index contributed by atoms with van der Waals surface area (Å²) in [5, 5.41) is 9.08. The average molecular weight is 279 g/mol. The molecular weight excluding hydrogens is 258 g/mol. The van der Waals surface area contributed by atoms with Crippen molar-refractivity contribution >= 4 is 16.0 Å². The van der Waals surface area contributed by atoms with Crippen molar-refractivity contribution in [3.05, 3.63) is 0 Å². The zero-order chi connectivity index (χ0) is 14.0. The van der Waals surface area contributed by atoms with E-state index in [9.17, 15) is 13.2 Å². The molecule has 1 rings (SSSR count). The Balaban J connectivity index is 2.75. The van der Waals surface area contributed by atoms with Gasteiger partial charge < -0.3 is 9.84 Å². The lowest BCUT2D eigenvalue weighted by Gasteiger charge is -2.22. The first-order valence-electron chi connectivity index (χ1n) is 5.99. The van der Waals surface area contributed by atoms with Crippen LogP contribution < -0.4 is 0 Å². The van der Waals surface area contributed by atoms with Gasteiger partial charge in [0, 0.05) is 20.2 Å². The van der Waals surface area contributed by atoms with E-state index in [2.05, 4.69) is 0 Å². The molecule has 0 aromatic heterocycles. The average Bonchev–Trinajstić information content (AvgIpc) is 2.71. The number of sulfonamides is 1. The lowest BCUT2D eigenvalue weighted by Crippen LogP contribution is -2.38. The number of nitrogens with zero attached hydrogens (tertiary/aromatic N) is 1. The van der Waals surface area contributed by atoms with Gasteiger partial charge in [-0.05, 0) is 19.8 Å². The SMILES string of the molecule is CCC(CS(=O)(=O)N1CCC(C)(C(=O)O)C1)OC. The smallest absolute Gasteiger partial charge is 0.310 e. The van der Waals surface area contributed by atoms with Gasteiger partial charge in [-0.2, -0.15) is 0 Å². The maximum atomic E-state index is 12.1. The molecule has 0 saturated carbocycles. The van der Waals surface area contributed by atoms with Gasteiger partial charge in [0.1, 0.15) is 0 Å². The van der Waals surface area contributed by atoms with E-state index in [0.717, 1.165) is 0 Å². The zero-order valence-electron chi connectivity index (χ0n) is 11.0. The minimum atomic E-state index is -3.44. The lowest BCUT2D eigenvalue weighted by molar-refractivity contribution is -0.146. The quantitative estimate of drug-likeness (QED) is 0.767. The molecule has 1 saturated heterocycles. The van der Waals surface area contributed by atoms with E-state index in [4.69, 9.17) is 9.84 Å². The highest BCUT2D eigenvalue weighted by atomic mass is 32.2. The van der Waals surface area contributed by atoms with Crippen LogP contribution in [0.5, 0.6) is 0 Å². The zero-order valence-corrected chi connectivity index (χ0v) is 11.9. The minimum Gasteiger partial charge on any atom is -0.481 e.